The summed E-state index contributed by atoms with van der Waals surface area (Å²) in [6.07, 6.45) is 2.55. The Balaban J connectivity index is 1.60. The predicted molar refractivity (Wildman–Crippen MR) is 96.5 cm³/mol. The monoisotopic (exact) mass is 356 g/mol. The average molecular weight is 356 g/mol. The molecule has 2 N–H and O–H groups in total. The number of pyridine rings is 1. The van der Waals surface area contributed by atoms with Crippen LogP contribution in [0.4, 0.5) is 0 Å². The number of nitrogens with one attached hydrogen (secondary N) is 1. The van der Waals surface area contributed by atoms with Crippen molar-refractivity contribution in [2.45, 2.75) is 39.2 Å². The van der Waals surface area contributed by atoms with Gasteiger partial charge in [0.15, 0.2) is 0 Å². The summed E-state index contributed by atoms with van der Waals surface area (Å²) in [5, 5.41) is 10.5. The summed E-state index contributed by atoms with van der Waals surface area (Å²) in [5.41, 5.74) is 1.45. The minimum Gasteiger partial charge on any atom is -0.387 e. The minimum absolute atomic E-state index is 0.0574. The van der Waals surface area contributed by atoms with Gasteiger partial charge in [-0.3, -0.25) is 14.6 Å². The van der Waals surface area contributed by atoms with E-state index in [2.05, 4.69) is 15.0 Å². The van der Waals surface area contributed by atoms with Crippen LogP contribution in [0.1, 0.15) is 41.7 Å². The molecule has 26 heavy (non-hydrogen) atoms. The Kier molecular flexibility index (Phi) is 5.46. The van der Waals surface area contributed by atoms with Crippen molar-refractivity contribution in [3.8, 4) is 0 Å². The lowest BCUT2D eigenvalue weighted by molar-refractivity contribution is -0.132. The summed E-state index contributed by atoms with van der Waals surface area (Å²) in [7, 11) is 0. The Labute approximate surface area is 152 Å². The quantitative estimate of drug-likeness (QED) is 0.860. The second-order valence-electron chi connectivity index (χ2n) is 6.81. The molecule has 1 aliphatic heterocycles. The Hall–Kier alpha value is -2.54. The standard InChI is InChI=1S/C19H24N4O3/c1-12-15(19(26)22-13(2)21-12)11-17(24)23-9-6-14(7-10-23)18(25)16-5-3-4-8-20-16/h3-5,8,14,18,25H,6-7,9-11H2,1-2H3,(H,21,22,26)/t18-/m1/s1. The van der Waals surface area contributed by atoms with Crippen LogP contribution in [0.15, 0.2) is 29.2 Å². The topological polar surface area (TPSA) is 99.2 Å². The minimum atomic E-state index is -0.611. The molecule has 0 radical (unpaired) electrons. The highest BCUT2D eigenvalue weighted by Crippen LogP contribution is 2.29. The van der Waals surface area contributed by atoms with Gasteiger partial charge in [-0.15, -0.1) is 0 Å². The largest absolute Gasteiger partial charge is 0.387 e. The molecule has 3 heterocycles. The summed E-state index contributed by atoms with van der Waals surface area (Å²) in [6, 6.07) is 5.50. The number of likely N-dealkylation sites (tertiary alicyclic amines) is 1. The van der Waals surface area contributed by atoms with Crippen molar-refractivity contribution in [1.82, 2.24) is 19.9 Å². The zero-order valence-electron chi connectivity index (χ0n) is 15.1. The number of carbonyl (C=O) groups is 1. The van der Waals surface area contributed by atoms with Crippen LogP contribution in [0.25, 0.3) is 0 Å². The molecule has 1 atom stereocenters. The number of piperidine rings is 1. The molecule has 0 bridgehead atoms. The zero-order valence-corrected chi connectivity index (χ0v) is 15.1. The highest BCUT2D eigenvalue weighted by atomic mass is 16.3. The molecule has 7 heteroatoms. The van der Waals surface area contributed by atoms with E-state index in [1.54, 1.807) is 24.9 Å². The number of hydrogen-bond acceptors (Lipinski definition) is 5. The van der Waals surface area contributed by atoms with Crippen LogP contribution in [0.2, 0.25) is 0 Å². The van der Waals surface area contributed by atoms with Crippen LogP contribution >= 0.6 is 0 Å². The van der Waals surface area contributed by atoms with Gasteiger partial charge in [0.25, 0.3) is 5.56 Å². The van der Waals surface area contributed by atoms with Crippen LogP contribution in [0.5, 0.6) is 0 Å². The van der Waals surface area contributed by atoms with Gasteiger partial charge in [0.1, 0.15) is 5.82 Å². The van der Waals surface area contributed by atoms with E-state index in [0.717, 1.165) is 0 Å². The lowest BCUT2D eigenvalue weighted by Crippen LogP contribution is -2.41. The van der Waals surface area contributed by atoms with Gasteiger partial charge in [0.05, 0.1) is 18.2 Å². The highest BCUT2D eigenvalue weighted by Gasteiger charge is 2.29. The first-order valence-electron chi connectivity index (χ1n) is 8.89. The molecular weight excluding hydrogens is 332 g/mol. The molecule has 0 aliphatic carbocycles. The van der Waals surface area contributed by atoms with Gasteiger partial charge in [-0.2, -0.15) is 0 Å². The molecule has 1 fully saturated rings. The Bertz CT molecular complexity index is 826. The third-order valence-corrected chi connectivity index (χ3v) is 5.00. The fourth-order valence-corrected chi connectivity index (χ4v) is 3.48. The van der Waals surface area contributed by atoms with E-state index in [-0.39, 0.29) is 23.8 Å². The second-order valence-corrected chi connectivity index (χ2v) is 6.81. The maximum absolute atomic E-state index is 12.6. The summed E-state index contributed by atoms with van der Waals surface area (Å²) >= 11 is 0. The smallest absolute Gasteiger partial charge is 0.254 e. The number of aliphatic hydroxyl groups excluding tert-OH is 1. The molecule has 0 unspecified atom stereocenters. The molecule has 3 rings (SSSR count). The van der Waals surface area contributed by atoms with Crippen LogP contribution in [0.3, 0.4) is 0 Å². The third-order valence-electron chi connectivity index (χ3n) is 5.00. The maximum Gasteiger partial charge on any atom is 0.254 e. The highest BCUT2D eigenvalue weighted by molar-refractivity contribution is 5.79. The van der Waals surface area contributed by atoms with Gasteiger partial charge in [-0.25, -0.2) is 4.98 Å². The molecule has 1 amide bonds. The van der Waals surface area contributed by atoms with Gasteiger partial charge in [-0.05, 0) is 44.7 Å². The van der Waals surface area contributed by atoms with E-state index in [0.29, 0.717) is 48.7 Å². The Morgan fingerprint density at radius 1 is 1.35 bits per heavy atom. The van der Waals surface area contributed by atoms with Crippen LogP contribution in [0, 0.1) is 19.8 Å². The fraction of sp³-hybridized carbons (Fsp3) is 0.474. The maximum atomic E-state index is 12.6. The van der Waals surface area contributed by atoms with Crippen molar-refractivity contribution in [3.63, 3.8) is 0 Å². The SMILES string of the molecule is Cc1nc(C)c(CC(=O)N2CCC([C@@H](O)c3ccccn3)CC2)c(=O)[nH]1. The van der Waals surface area contributed by atoms with Crippen molar-refractivity contribution >= 4 is 5.91 Å². The van der Waals surface area contributed by atoms with Crippen LogP contribution in [-0.2, 0) is 11.2 Å². The third kappa shape index (κ3) is 3.99. The van der Waals surface area contributed by atoms with Gasteiger partial charge in [0, 0.05) is 30.5 Å². The summed E-state index contributed by atoms with van der Waals surface area (Å²) in [5.74, 6) is 0.559. The molecule has 0 spiro atoms. The Morgan fingerprint density at radius 3 is 2.69 bits per heavy atom. The first-order chi connectivity index (χ1) is 12.5. The number of aromatic nitrogens is 3. The van der Waals surface area contributed by atoms with Gasteiger partial charge in [0.2, 0.25) is 5.91 Å². The van der Waals surface area contributed by atoms with Crippen LogP contribution in [-0.4, -0.2) is 44.0 Å². The lowest BCUT2D eigenvalue weighted by Gasteiger charge is -2.34. The van der Waals surface area contributed by atoms with Crippen molar-refractivity contribution < 1.29 is 9.90 Å². The fourth-order valence-electron chi connectivity index (χ4n) is 3.48. The molecule has 138 valence electrons. The number of carbonyl (C=O) groups excluding carboxylic acids is 1. The number of rotatable bonds is 4. The first-order valence-corrected chi connectivity index (χ1v) is 8.89. The molecule has 0 aromatic carbocycles. The first kappa shape index (κ1) is 18.3. The number of H-pyrrole nitrogens is 1. The number of aliphatic hydroxyl groups is 1. The summed E-state index contributed by atoms with van der Waals surface area (Å²) in [6.45, 7) is 4.62. The van der Waals surface area contributed by atoms with E-state index in [1.807, 2.05) is 18.2 Å². The zero-order chi connectivity index (χ0) is 18.7. The summed E-state index contributed by atoms with van der Waals surface area (Å²) < 4.78 is 0. The van der Waals surface area contributed by atoms with Gasteiger partial charge in [-0.1, -0.05) is 6.07 Å². The van der Waals surface area contributed by atoms with E-state index in [9.17, 15) is 14.7 Å². The molecule has 2 aromatic rings. The molecule has 1 saturated heterocycles. The molecule has 0 saturated carbocycles. The average Bonchev–Trinajstić information content (AvgIpc) is 2.64. The second kappa shape index (κ2) is 7.78. The molecule has 7 nitrogen and oxygen atoms in total. The lowest BCUT2D eigenvalue weighted by atomic mass is 9.89. The van der Waals surface area contributed by atoms with Crippen LogP contribution < -0.4 is 5.56 Å². The number of aryl methyl sites for hydroxylation is 2. The molecular formula is C19H24N4O3. The number of aromatic amines is 1. The van der Waals surface area contributed by atoms with E-state index >= 15 is 0 Å². The summed E-state index contributed by atoms with van der Waals surface area (Å²) in [4.78, 5) is 37.5. The van der Waals surface area contributed by atoms with E-state index < -0.39 is 6.10 Å². The van der Waals surface area contributed by atoms with Crippen molar-refractivity contribution in [2.75, 3.05) is 13.1 Å². The van der Waals surface area contributed by atoms with Crippen molar-refractivity contribution in [2.24, 2.45) is 5.92 Å². The predicted octanol–water partition coefficient (Wildman–Crippen LogP) is 1.30. The van der Waals surface area contributed by atoms with Gasteiger partial charge >= 0.3 is 0 Å². The number of hydrogen-bond donors (Lipinski definition) is 2. The number of amides is 1. The molecule has 1 aliphatic rings. The molecule has 2 aromatic heterocycles. The van der Waals surface area contributed by atoms with Crippen molar-refractivity contribution in [3.05, 3.63) is 57.5 Å². The normalized spacial score (nSPS) is 16.5. The van der Waals surface area contributed by atoms with Crippen molar-refractivity contribution in [1.29, 1.82) is 0 Å². The van der Waals surface area contributed by atoms with E-state index in [4.69, 9.17) is 0 Å². The van der Waals surface area contributed by atoms with E-state index in [1.165, 1.54) is 0 Å². The van der Waals surface area contributed by atoms with Gasteiger partial charge < -0.3 is 15.0 Å². The number of nitrogens with zero attached hydrogens (tertiary/aromatic N) is 3. The Morgan fingerprint density at radius 2 is 2.08 bits per heavy atom.